The fourth-order valence-electron chi connectivity index (χ4n) is 2.45. The van der Waals surface area contributed by atoms with Crippen LogP contribution in [0.3, 0.4) is 0 Å². The summed E-state index contributed by atoms with van der Waals surface area (Å²) in [5.41, 5.74) is 3.70. The van der Waals surface area contributed by atoms with Crippen molar-refractivity contribution in [3.05, 3.63) is 60.7 Å². The fourth-order valence-corrected chi connectivity index (χ4v) is 2.45. The Hall–Kier alpha value is -2.99. The zero-order valence-electron chi connectivity index (χ0n) is 12.5. The number of ether oxygens (including phenoxy) is 1. The summed E-state index contributed by atoms with van der Waals surface area (Å²) < 4.78 is 12.1. The molecule has 0 aliphatic rings. The van der Waals surface area contributed by atoms with Crippen LogP contribution in [0.5, 0.6) is 0 Å². The van der Waals surface area contributed by atoms with E-state index in [1.54, 1.807) is 7.11 Å². The average Bonchev–Trinajstić information content (AvgIpc) is 3.22. The van der Waals surface area contributed by atoms with Gasteiger partial charge in [0.15, 0.2) is 0 Å². The summed E-state index contributed by atoms with van der Waals surface area (Å²) in [5, 5.41) is 3.99. The molecule has 0 aliphatic heterocycles. The number of nitrogens with zero attached hydrogens (tertiary/aromatic N) is 4. The van der Waals surface area contributed by atoms with Gasteiger partial charge in [0.05, 0.1) is 5.69 Å². The number of methoxy groups -OCH3 is 1. The fraction of sp³-hybridized carbons (Fsp3) is 0.118. The molecule has 0 N–H and O–H groups in total. The maximum Gasteiger partial charge on any atom is 0.252 e. The van der Waals surface area contributed by atoms with Crippen LogP contribution in [0, 0.1) is 0 Å². The van der Waals surface area contributed by atoms with Gasteiger partial charge in [-0.25, -0.2) is 4.98 Å². The van der Waals surface area contributed by atoms with Gasteiger partial charge in [-0.2, -0.15) is 4.98 Å². The molecule has 6 nitrogen and oxygen atoms in total. The highest BCUT2D eigenvalue weighted by Gasteiger charge is 2.10. The summed E-state index contributed by atoms with van der Waals surface area (Å²) in [6.45, 7) is 0.305. The van der Waals surface area contributed by atoms with E-state index in [0.29, 0.717) is 18.3 Å². The minimum Gasteiger partial charge on any atom is -0.375 e. The van der Waals surface area contributed by atoms with Crippen LogP contribution >= 0.6 is 0 Å². The number of aromatic nitrogens is 4. The Morgan fingerprint density at radius 3 is 2.87 bits per heavy atom. The topological polar surface area (TPSA) is 65.5 Å². The van der Waals surface area contributed by atoms with Crippen LogP contribution in [0.25, 0.3) is 28.3 Å². The van der Waals surface area contributed by atoms with Crippen LogP contribution in [0.1, 0.15) is 5.89 Å². The predicted octanol–water partition coefficient (Wildman–Crippen LogP) is 3.20. The maximum atomic E-state index is 5.15. The van der Waals surface area contributed by atoms with E-state index in [2.05, 4.69) is 15.1 Å². The van der Waals surface area contributed by atoms with E-state index in [4.69, 9.17) is 9.26 Å². The molecule has 0 aliphatic carbocycles. The third-order valence-electron chi connectivity index (χ3n) is 3.52. The number of pyridine rings is 1. The van der Waals surface area contributed by atoms with Crippen molar-refractivity contribution in [2.45, 2.75) is 6.61 Å². The molecule has 4 aromatic rings. The number of fused-ring (bicyclic) bond motifs is 1. The van der Waals surface area contributed by atoms with Crippen LogP contribution in [-0.2, 0) is 11.3 Å². The molecule has 1 aromatic carbocycles. The number of hydrogen-bond acceptors (Lipinski definition) is 5. The van der Waals surface area contributed by atoms with Gasteiger partial charge >= 0.3 is 0 Å². The van der Waals surface area contributed by atoms with E-state index in [-0.39, 0.29) is 0 Å². The molecule has 0 amide bonds. The van der Waals surface area contributed by atoms with Gasteiger partial charge in [0.1, 0.15) is 12.3 Å². The third kappa shape index (κ3) is 2.60. The van der Waals surface area contributed by atoms with Gasteiger partial charge in [-0.1, -0.05) is 29.4 Å². The Balaban J connectivity index is 1.72. The molecule has 0 atom stereocenters. The lowest BCUT2D eigenvalue weighted by Crippen LogP contribution is -1.87. The second-order valence-electron chi connectivity index (χ2n) is 5.12. The first-order chi connectivity index (χ1) is 11.3. The molecule has 0 bridgehead atoms. The molecule has 114 valence electrons. The number of hydrogen-bond donors (Lipinski definition) is 0. The molecule has 0 saturated heterocycles. The summed E-state index contributed by atoms with van der Waals surface area (Å²) >= 11 is 0. The predicted molar refractivity (Wildman–Crippen MR) is 84.6 cm³/mol. The van der Waals surface area contributed by atoms with Gasteiger partial charge in [-0.15, -0.1) is 0 Å². The van der Waals surface area contributed by atoms with E-state index in [0.717, 1.165) is 22.5 Å². The quantitative estimate of drug-likeness (QED) is 0.579. The standard InChI is InChI=1S/C17H14N4O2/c1-22-11-16-19-17(20-23-16)13-6-4-5-12(9-13)14-10-21-8-3-2-7-15(21)18-14/h2-10H,11H2,1H3. The maximum absolute atomic E-state index is 5.15. The van der Waals surface area contributed by atoms with Crippen LogP contribution in [0.4, 0.5) is 0 Å². The first-order valence-electron chi connectivity index (χ1n) is 7.19. The Morgan fingerprint density at radius 2 is 2.00 bits per heavy atom. The second kappa shape index (κ2) is 5.66. The van der Waals surface area contributed by atoms with Crippen molar-refractivity contribution in [1.29, 1.82) is 0 Å². The van der Waals surface area contributed by atoms with Gasteiger partial charge in [-0.3, -0.25) is 0 Å². The van der Waals surface area contributed by atoms with Crippen LogP contribution < -0.4 is 0 Å². The normalized spacial score (nSPS) is 11.2. The number of imidazole rings is 1. The summed E-state index contributed by atoms with van der Waals surface area (Å²) in [7, 11) is 1.59. The van der Waals surface area contributed by atoms with Crippen molar-refractivity contribution in [3.63, 3.8) is 0 Å². The van der Waals surface area contributed by atoms with Gasteiger partial charge < -0.3 is 13.7 Å². The minimum atomic E-state index is 0.305. The summed E-state index contributed by atoms with van der Waals surface area (Å²) in [6, 6.07) is 13.8. The Bertz CT molecular complexity index is 925. The number of benzene rings is 1. The molecule has 4 rings (SSSR count). The molecule has 0 saturated carbocycles. The van der Waals surface area contributed by atoms with E-state index < -0.39 is 0 Å². The Morgan fingerprint density at radius 1 is 1.09 bits per heavy atom. The van der Waals surface area contributed by atoms with E-state index in [1.165, 1.54) is 0 Å². The van der Waals surface area contributed by atoms with Crippen molar-refractivity contribution in [3.8, 4) is 22.6 Å². The molecule has 3 aromatic heterocycles. The van der Waals surface area contributed by atoms with Crippen molar-refractivity contribution >= 4 is 5.65 Å². The highest BCUT2D eigenvalue weighted by atomic mass is 16.5. The molecule has 0 spiro atoms. The molecule has 6 heteroatoms. The van der Waals surface area contributed by atoms with Crippen molar-refractivity contribution < 1.29 is 9.26 Å². The zero-order valence-corrected chi connectivity index (χ0v) is 12.5. The summed E-state index contributed by atoms with van der Waals surface area (Å²) in [5.74, 6) is 1.00. The average molecular weight is 306 g/mol. The van der Waals surface area contributed by atoms with Crippen LogP contribution in [0.15, 0.2) is 59.4 Å². The smallest absolute Gasteiger partial charge is 0.252 e. The van der Waals surface area contributed by atoms with E-state index >= 15 is 0 Å². The molecule has 0 radical (unpaired) electrons. The Labute approximate surface area is 132 Å². The molecular formula is C17H14N4O2. The van der Waals surface area contributed by atoms with Gasteiger partial charge in [-0.05, 0) is 18.2 Å². The second-order valence-corrected chi connectivity index (χ2v) is 5.12. The first kappa shape index (κ1) is 13.7. The highest BCUT2D eigenvalue weighted by Crippen LogP contribution is 2.24. The lowest BCUT2D eigenvalue weighted by Gasteiger charge is -1.99. The first-order valence-corrected chi connectivity index (χ1v) is 7.19. The van der Waals surface area contributed by atoms with Crippen LogP contribution in [0.2, 0.25) is 0 Å². The lowest BCUT2D eigenvalue weighted by atomic mass is 10.1. The molecular weight excluding hydrogens is 292 g/mol. The highest BCUT2D eigenvalue weighted by molar-refractivity contribution is 5.69. The van der Waals surface area contributed by atoms with Crippen molar-refractivity contribution in [2.75, 3.05) is 7.11 Å². The van der Waals surface area contributed by atoms with Crippen molar-refractivity contribution in [1.82, 2.24) is 19.5 Å². The van der Waals surface area contributed by atoms with Gasteiger partial charge in [0.25, 0.3) is 5.89 Å². The SMILES string of the molecule is COCc1nc(-c2cccc(-c3cn4ccccc4n3)c2)no1. The monoisotopic (exact) mass is 306 g/mol. The molecule has 3 heterocycles. The van der Waals surface area contributed by atoms with E-state index in [9.17, 15) is 0 Å². The molecule has 23 heavy (non-hydrogen) atoms. The summed E-state index contributed by atoms with van der Waals surface area (Å²) in [6.07, 6.45) is 3.98. The number of rotatable bonds is 4. The lowest BCUT2D eigenvalue weighted by molar-refractivity contribution is 0.151. The molecule has 0 unspecified atom stereocenters. The Kier molecular flexibility index (Phi) is 3.36. The van der Waals surface area contributed by atoms with Crippen molar-refractivity contribution in [2.24, 2.45) is 0 Å². The zero-order chi connectivity index (χ0) is 15.6. The molecule has 0 fully saturated rings. The largest absolute Gasteiger partial charge is 0.375 e. The van der Waals surface area contributed by atoms with Gasteiger partial charge in [0.2, 0.25) is 5.82 Å². The van der Waals surface area contributed by atoms with Crippen LogP contribution in [-0.4, -0.2) is 26.6 Å². The minimum absolute atomic E-state index is 0.305. The van der Waals surface area contributed by atoms with Gasteiger partial charge in [0, 0.05) is 30.6 Å². The third-order valence-corrected chi connectivity index (χ3v) is 3.52. The van der Waals surface area contributed by atoms with E-state index in [1.807, 2.05) is 59.3 Å². The summed E-state index contributed by atoms with van der Waals surface area (Å²) in [4.78, 5) is 8.95.